The van der Waals surface area contributed by atoms with E-state index in [2.05, 4.69) is 29.4 Å². The van der Waals surface area contributed by atoms with E-state index in [9.17, 15) is 4.79 Å². The summed E-state index contributed by atoms with van der Waals surface area (Å²) in [5.41, 5.74) is 0.460. The molecule has 0 saturated heterocycles. The predicted octanol–water partition coefficient (Wildman–Crippen LogP) is 3.11. The number of nitrogens with zero attached hydrogens (tertiary/aromatic N) is 1. The number of likely N-dealkylation sites (N-methyl/N-ethyl adjacent to an activating group) is 1. The fourth-order valence-electron chi connectivity index (χ4n) is 1.93. The number of anilines is 1. The molecule has 0 bridgehead atoms. The van der Waals surface area contributed by atoms with Gasteiger partial charge in [-0.25, -0.2) is 0 Å². The van der Waals surface area contributed by atoms with Crippen LogP contribution in [0.2, 0.25) is 10.0 Å². The lowest BCUT2D eigenvalue weighted by atomic mass is 10.0. The molecule has 1 aromatic rings. The third kappa shape index (κ3) is 6.22. The first-order valence-corrected chi connectivity index (χ1v) is 7.68. The molecule has 0 radical (unpaired) electrons. The van der Waals surface area contributed by atoms with Crippen molar-refractivity contribution in [3.05, 3.63) is 28.2 Å². The number of nitrogens with one attached hydrogen (secondary N) is 2. The normalized spacial score (nSPS) is 12.8. The van der Waals surface area contributed by atoms with Crippen molar-refractivity contribution in [1.82, 2.24) is 10.2 Å². The molecule has 0 heterocycles. The van der Waals surface area contributed by atoms with Gasteiger partial charge in [-0.1, -0.05) is 43.1 Å². The van der Waals surface area contributed by atoms with Crippen molar-refractivity contribution < 1.29 is 4.79 Å². The van der Waals surface area contributed by atoms with Crippen LogP contribution < -0.4 is 10.6 Å². The van der Waals surface area contributed by atoms with Crippen LogP contribution in [0.3, 0.4) is 0 Å². The van der Waals surface area contributed by atoms with Gasteiger partial charge in [-0.05, 0) is 32.1 Å². The third-order valence-corrected chi connectivity index (χ3v) is 3.75. The minimum atomic E-state index is -0.158. The highest BCUT2D eigenvalue weighted by Crippen LogP contribution is 2.29. The Morgan fingerprint density at radius 3 is 2.29 bits per heavy atom. The van der Waals surface area contributed by atoms with Gasteiger partial charge in [0.25, 0.3) is 0 Å². The molecule has 0 saturated carbocycles. The van der Waals surface area contributed by atoms with Crippen molar-refractivity contribution in [2.24, 2.45) is 5.92 Å². The Kier molecular flexibility index (Phi) is 7.46. The molecule has 6 heteroatoms. The highest BCUT2D eigenvalue weighted by molar-refractivity contribution is 6.39. The van der Waals surface area contributed by atoms with Crippen molar-refractivity contribution >= 4 is 34.8 Å². The molecule has 0 aromatic heterocycles. The molecule has 1 atom stereocenters. The van der Waals surface area contributed by atoms with Gasteiger partial charge in [-0.15, -0.1) is 0 Å². The van der Waals surface area contributed by atoms with E-state index in [1.54, 1.807) is 18.2 Å². The molecule has 0 aliphatic heterocycles. The van der Waals surface area contributed by atoms with Gasteiger partial charge < -0.3 is 15.5 Å². The molecule has 21 heavy (non-hydrogen) atoms. The Morgan fingerprint density at radius 2 is 1.81 bits per heavy atom. The van der Waals surface area contributed by atoms with Crippen molar-refractivity contribution in [1.29, 1.82) is 0 Å². The van der Waals surface area contributed by atoms with E-state index in [4.69, 9.17) is 23.2 Å². The molecular formula is C15H23Cl2N3O. The summed E-state index contributed by atoms with van der Waals surface area (Å²) < 4.78 is 0. The number of hydrogen-bond donors (Lipinski definition) is 2. The molecule has 0 aliphatic rings. The monoisotopic (exact) mass is 331 g/mol. The average molecular weight is 332 g/mol. The lowest BCUT2D eigenvalue weighted by molar-refractivity contribution is -0.115. The van der Waals surface area contributed by atoms with Crippen LogP contribution >= 0.6 is 23.2 Å². The van der Waals surface area contributed by atoms with Crippen LogP contribution in [0, 0.1) is 5.92 Å². The van der Waals surface area contributed by atoms with Gasteiger partial charge in [-0.2, -0.15) is 0 Å². The molecule has 1 rings (SSSR count). The van der Waals surface area contributed by atoms with Crippen LogP contribution in [0.4, 0.5) is 5.69 Å². The molecule has 1 amide bonds. The van der Waals surface area contributed by atoms with E-state index in [0.29, 0.717) is 21.7 Å². The molecule has 2 N–H and O–H groups in total. The van der Waals surface area contributed by atoms with Crippen LogP contribution in [-0.4, -0.2) is 44.0 Å². The second-order valence-corrected chi connectivity index (χ2v) is 6.45. The molecule has 4 nitrogen and oxygen atoms in total. The molecule has 118 valence electrons. The van der Waals surface area contributed by atoms with Crippen molar-refractivity contribution in [2.45, 2.75) is 19.9 Å². The van der Waals surface area contributed by atoms with E-state index in [1.165, 1.54) is 0 Å². The SMILES string of the molecule is CC(C)C(CN(C)C)NCC(=O)Nc1c(Cl)cccc1Cl. The highest BCUT2D eigenvalue weighted by Gasteiger charge is 2.16. The van der Waals surface area contributed by atoms with E-state index in [0.717, 1.165) is 6.54 Å². The first-order valence-electron chi connectivity index (χ1n) is 6.93. The second kappa shape index (κ2) is 8.59. The summed E-state index contributed by atoms with van der Waals surface area (Å²) >= 11 is 12.1. The van der Waals surface area contributed by atoms with Gasteiger partial charge in [0, 0.05) is 12.6 Å². The summed E-state index contributed by atoms with van der Waals surface area (Å²) in [6.45, 7) is 5.35. The van der Waals surface area contributed by atoms with E-state index >= 15 is 0 Å². The number of rotatable bonds is 7. The first-order chi connectivity index (χ1) is 9.81. The number of carbonyl (C=O) groups excluding carboxylic acids is 1. The maximum atomic E-state index is 12.0. The Balaban J connectivity index is 2.57. The summed E-state index contributed by atoms with van der Waals surface area (Å²) in [4.78, 5) is 14.1. The average Bonchev–Trinajstić information content (AvgIpc) is 2.38. The summed E-state index contributed by atoms with van der Waals surface area (Å²) in [5, 5.41) is 6.89. The van der Waals surface area contributed by atoms with E-state index < -0.39 is 0 Å². The molecule has 1 aromatic carbocycles. The predicted molar refractivity (Wildman–Crippen MR) is 90.3 cm³/mol. The largest absolute Gasteiger partial charge is 0.322 e. The smallest absolute Gasteiger partial charge is 0.238 e. The van der Waals surface area contributed by atoms with Crippen LogP contribution in [0.1, 0.15) is 13.8 Å². The number of hydrogen-bond acceptors (Lipinski definition) is 3. The molecule has 0 aliphatic carbocycles. The van der Waals surface area contributed by atoms with Gasteiger partial charge in [0.05, 0.1) is 22.3 Å². The van der Waals surface area contributed by atoms with Gasteiger partial charge in [0.1, 0.15) is 0 Å². The Hall–Kier alpha value is -0.810. The van der Waals surface area contributed by atoms with Crippen LogP contribution in [0.5, 0.6) is 0 Å². The van der Waals surface area contributed by atoms with Gasteiger partial charge in [0.2, 0.25) is 5.91 Å². The topological polar surface area (TPSA) is 44.4 Å². The summed E-state index contributed by atoms with van der Waals surface area (Å²) in [5.74, 6) is 0.276. The van der Waals surface area contributed by atoms with Crippen molar-refractivity contribution in [3.63, 3.8) is 0 Å². The van der Waals surface area contributed by atoms with Crippen molar-refractivity contribution in [2.75, 3.05) is 32.5 Å². The second-order valence-electron chi connectivity index (χ2n) is 5.64. The fourth-order valence-corrected chi connectivity index (χ4v) is 2.42. The number of benzene rings is 1. The Bertz CT molecular complexity index is 458. The van der Waals surface area contributed by atoms with Crippen LogP contribution in [0.15, 0.2) is 18.2 Å². The van der Waals surface area contributed by atoms with Gasteiger partial charge >= 0.3 is 0 Å². The van der Waals surface area contributed by atoms with E-state index in [1.807, 2.05) is 14.1 Å². The maximum absolute atomic E-state index is 12.0. The number of amides is 1. The van der Waals surface area contributed by atoms with E-state index in [-0.39, 0.29) is 18.5 Å². The maximum Gasteiger partial charge on any atom is 0.238 e. The summed E-state index contributed by atoms with van der Waals surface area (Å²) in [7, 11) is 4.03. The Labute approximate surface area is 136 Å². The molecule has 0 spiro atoms. The fraction of sp³-hybridized carbons (Fsp3) is 0.533. The van der Waals surface area contributed by atoms with Gasteiger partial charge in [0.15, 0.2) is 0 Å². The lowest BCUT2D eigenvalue weighted by Crippen LogP contribution is -2.45. The van der Waals surface area contributed by atoms with Crippen LogP contribution in [-0.2, 0) is 4.79 Å². The minimum absolute atomic E-state index is 0.158. The first kappa shape index (κ1) is 18.2. The summed E-state index contributed by atoms with van der Waals surface area (Å²) in [6.07, 6.45) is 0. The third-order valence-electron chi connectivity index (χ3n) is 3.12. The summed E-state index contributed by atoms with van der Waals surface area (Å²) in [6, 6.07) is 5.37. The zero-order valence-electron chi connectivity index (χ0n) is 12.9. The quantitative estimate of drug-likeness (QED) is 0.806. The molecular weight excluding hydrogens is 309 g/mol. The number of carbonyl (C=O) groups is 1. The zero-order chi connectivity index (χ0) is 16.0. The lowest BCUT2D eigenvalue weighted by Gasteiger charge is -2.25. The number of para-hydroxylation sites is 1. The standard InChI is InChI=1S/C15H23Cl2N3O/c1-10(2)13(9-20(3)4)18-8-14(21)19-15-11(16)6-5-7-12(15)17/h5-7,10,13,18H,8-9H2,1-4H3,(H,19,21). The molecule has 1 unspecified atom stereocenters. The highest BCUT2D eigenvalue weighted by atomic mass is 35.5. The Morgan fingerprint density at radius 1 is 1.24 bits per heavy atom. The zero-order valence-corrected chi connectivity index (χ0v) is 14.4. The number of halogens is 2. The van der Waals surface area contributed by atoms with Crippen molar-refractivity contribution in [3.8, 4) is 0 Å². The minimum Gasteiger partial charge on any atom is -0.322 e. The molecule has 0 fully saturated rings. The van der Waals surface area contributed by atoms with Gasteiger partial charge in [-0.3, -0.25) is 4.79 Å². The van der Waals surface area contributed by atoms with Crippen LogP contribution in [0.25, 0.3) is 0 Å².